The van der Waals surface area contributed by atoms with Crippen LogP contribution in [0.4, 0.5) is 0 Å². The molecule has 1 N–H and O–H groups in total. The molecular formula is C18H25N3O3. The molecule has 0 unspecified atom stereocenters. The Morgan fingerprint density at radius 2 is 2.17 bits per heavy atom. The Bertz CT molecular complexity index is 638. The first-order valence-electron chi connectivity index (χ1n) is 8.61. The Labute approximate surface area is 142 Å². The van der Waals surface area contributed by atoms with Crippen molar-refractivity contribution in [1.29, 1.82) is 0 Å². The number of nitrogens with zero attached hydrogens (tertiary/aromatic N) is 2. The molecule has 130 valence electrons. The van der Waals surface area contributed by atoms with Gasteiger partial charge in [-0.1, -0.05) is 5.16 Å². The third-order valence-electron chi connectivity index (χ3n) is 4.73. The van der Waals surface area contributed by atoms with E-state index in [9.17, 15) is 4.79 Å². The van der Waals surface area contributed by atoms with Crippen LogP contribution in [0.25, 0.3) is 0 Å². The van der Waals surface area contributed by atoms with Gasteiger partial charge >= 0.3 is 0 Å². The highest BCUT2D eigenvalue weighted by atomic mass is 16.5. The topological polar surface area (TPSA) is 71.5 Å². The Kier molecular flexibility index (Phi) is 5.35. The highest BCUT2D eigenvalue weighted by Crippen LogP contribution is 2.25. The van der Waals surface area contributed by atoms with Crippen molar-refractivity contribution in [2.24, 2.45) is 0 Å². The predicted molar refractivity (Wildman–Crippen MR) is 89.6 cm³/mol. The summed E-state index contributed by atoms with van der Waals surface area (Å²) < 4.78 is 10.7. The lowest BCUT2D eigenvalue weighted by Gasteiger charge is -2.26. The number of likely N-dealkylation sites (tertiary alicyclic amines) is 1. The maximum Gasteiger partial charge on any atom is 0.220 e. The molecule has 1 aliphatic heterocycles. The summed E-state index contributed by atoms with van der Waals surface area (Å²) in [5.74, 6) is 1.76. The molecule has 6 heteroatoms. The van der Waals surface area contributed by atoms with Gasteiger partial charge in [0.05, 0.1) is 18.0 Å². The molecule has 1 atom stereocenters. The van der Waals surface area contributed by atoms with Crippen molar-refractivity contribution in [1.82, 2.24) is 15.4 Å². The number of carbonyl (C=O) groups excluding carboxylic acids is 1. The number of aryl methyl sites for hydroxylation is 2. The van der Waals surface area contributed by atoms with Gasteiger partial charge in [-0.05, 0) is 58.3 Å². The molecule has 2 aromatic heterocycles. The lowest BCUT2D eigenvalue weighted by atomic mass is 10.1. The first-order chi connectivity index (χ1) is 11.6. The van der Waals surface area contributed by atoms with E-state index < -0.39 is 0 Å². The molecule has 0 spiro atoms. The van der Waals surface area contributed by atoms with Gasteiger partial charge in [0.25, 0.3) is 0 Å². The van der Waals surface area contributed by atoms with Crippen molar-refractivity contribution < 1.29 is 13.7 Å². The maximum absolute atomic E-state index is 12.2. The molecule has 24 heavy (non-hydrogen) atoms. The van der Waals surface area contributed by atoms with Crippen molar-refractivity contribution in [2.75, 3.05) is 19.6 Å². The second-order valence-corrected chi connectivity index (χ2v) is 6.38. The molecule has 0 aliphatic carbocycles. The number of rotatable bonds is 7. The minimum Gasteiger partial charge on any atom is -0.468 e. The molecule has 1 fully saturated rings. The van der Waals surface area contributed by atoms with Gasteiger partial charge < -0.3 is 14.3 Å². The fourth-order valence-electron chi connectivity index (χ4n) is 3.34. The van der Waals surface area contributed by atoms with E-state index in [1.165, 1.54) is 12.8 Å². The number of aromatic nitrogens is 1. The summed E-state index contributed by atoms with van der Waals surface area (Å²) in [6.45, 7) is 6.48. The molecule has 0 saturated carbocycles. The highest BCUT2D eigenvalue weighted by molar-refractivity contribution is 5.76. The van der Waals surface area contributed by atoms with Crippen LogP contribution in [0.3, 0.4) is 0 Å². The van der Waals surface area contributed by atoms with E-state index in [0.717, 1.165) is 35.9 Å². The van der Waals surface area contributed by atoms with E-state index in [4.69, 9.17) is 8.94 Å². The molecule has 2 aromatic rings. The zero-order valence-corrected chi connectivity index (χ0v) is 14.4. The van der Waals surface area contributed by atoms with Crippen LogP contribution < -0.4 is 5.32 Å². The zero-order valence-electron chi connectivity index (χ0n) is 14.4. The molecule has 1 aliphatic rings. The molecule has 3 heterocycles. The molecule has 0 radical (unpaired) electrons. The van der Waals surface area contributed by atoms with Crippen molar-refractivity contribution >= 4 is 5.91 Å². The summed E-state index contributed by atoms with van der Waals surface area (Å²) in [7, 11) is 0. The Balaban J connectivity index is 1.53. The third kappa shape index (κ3) is 3.87. The normalized spacial score (nSPS) is 16.4. The van der Waals surface area contributed by atoms with Crippen molar-refractivity contribution in [2.45, 2.75) is 45.6 Å². The first-order valence-corrected chi connectivity index (χ1v) is 8.61. The lowest BCUT2D eigenvalue weighted by molar-refractivity contribution is -0.121. The number of furan rings is 1. The Morgan fingerprint density at radius 1 is 1.38 bits per heavy atom. The highest BCUT2D eigenvalue weighted by Gasteiger charge is 2.25. The first kappa shape index (κ1) is 16.8. The van der Waals surface area contributed by atoms with Gasteiger partial charge in [-0.3, -0.25) is 9.69 Å². The van der Waals surface area contributed by atoms with Crippen LogP contribution in [0, 0.1) is 13.8 Å². The summed E-state index contributed by atoms with van der Waals surface area (Å²) in [5.41, 5.74) is 1.90. The third-order valence-corrected chi connectivity index (χ3v) is 4.73. The number of hydrogen-bond donors (Lipinski definition) is 1. The van der Waals surface area contributed by atoms with Gasteiger partial charge in [0.1, 0.15) is 11.5 Å². The summed E-state index contributed by atoms with van der Waals surface area (Å²) in [5, 5.41) is 6.99. The summed E-state index contributed by atoms with van der Waals surface area (Å²) >= 11 is 0. The second kappa shape index (κ2) is 7.66. The fraction of sp³-hybridized carbons (Fsp3) is 0.556. The summed E-state index contributed by atoms with van der Waals surface area (Å²) in [4.78, 5) is 14.6. The van der Waals surface area contributed by atoms with E-state index in [1.54, 1.807) is 6.26 Å². The Hall–Kier alpha value is -2.08. The fourth-order valence-corrected chi connectivity index (χ4v) is 3.34. The largest absolute Gasteiger partial charge is 0.468 e. The zero-order chi connectivity index (χ0) is 16.9. The minimum absolute atomic E-state index is 0.0470. The SMILES string of the molecule is Cc1noc(C)c1CCC(=O)NC[C@H](c1ccco1)N1CCCC1. The average Bonchev–Trinajstić information content (AvgIpc) is 3.31. The van der Waals surface area contributed by atoms with E-state index >= 15 is 0 Å². The molecule has 1 amide bonds. The minimum atomic E-state index is 0.0470. The smallest absolute Gasteiger partial charge is 0.220 e. The molecule has 0 bridgehead atoms. The quantitative estimate of drug-likeness (QED) is 0.845. The standard InChI is InChI=1S/C18H25N3O3/c1-13-15(14(2)24-20-13)7-8-18(22)19-12-16(17-6-5-11-23-17)21-9-3-4-10-21/h5-6,11,16H,3-4,7-10,12H2,1-2H3,(H,19,22)/t16-/m1/s1. The Morgan fingerprint density at radius 3 is 2.79 bits per heavy atom. The van der Waals surface area contributed by atoms with E-state index in [0.29, 0.717) is 19.4 Å². The van der Waals surface area contributed by atoms with Crippen molar-refractivity contribution in [3.63, 3.8) is 0 Å². The summed E-state index contributed by atoms with van der Waals surface area (Å²) in [6.07, 6.45) is 5.20. The van der Waals surface area contributed by atoms with Crippen LogP contribution in [-0.4, -0.2) is 35.6 Å². The van der Waals surface area contributed by atoms with Gasteiger partial charge in [0.15, 0.2) is 0 Å². The number of carbonyl (C=O) groups is 1. The maximum atomic E-state index is 12.2. The van der Waals surface area contributed by atoms with Crippen LogP contribution in [-0.2, 0) is 11.2 Å². The van der Waals surface area contributed by atoms with Gasteiger partial charge in [0, 0.05) is 18.5 Å². The van der Waals surface area contributed by atoms with E-state index in [-0.39, 0.29) is 11.9 Å². The molecular weight excluding hydrogens is 306 g/mol. The van der Waals surface area contributed by atoms with Gasteiger partial charge in [-0.2, -0.15) is 0 Å². The monoisotopic (exact) mass is 331 g/mol. The van der Waals surface area contributed by atoms with Crippen LogP contribution in [0.15, 0.2) is 27.3 Å². The van der Waals surface area contributed by atoms with Crippen molar-refractivity contribution in [3.8, 4) is 0 Å². The number of hydrogen-bond acceptors (Lipinski definition) is 5. The number of nitrogens with one attached hydrogen (secondary N) is 1. The van der Waals surface area contributed by atoms with Crippen LogP contribution in [0.2, 0.25) is 0 Å². The van der Waals surface area contributed by atoms with E-state index in [2.05, 4.69) is 15.4 Å². The molecule has 6 nitrogen and oxygen atoms in total. The summed E-state index contributed by atoms with van der Waals surface area (Å²) in [6, 6.07) is 4.00. The lowest BCUT2D eigenvalue weighted by Crippen LogP contribution is -2.36. The van der Waals surface area contributed by atoms with Gasteiger partial charge in [-0.25, -0.2) is 0 Å². The van der Waals surface area contributed by atoms with Crippen LogP contribution in [0.1, 0.15) is 48.1 Å². The van der Waals surface area contributed by atoms with Crippen molar-refractivity contribution in [3.05, 3.63) is 41.2 Å². The van der Waals surface area contributed by atoms with Crippen LogP contribution >= 0.6 is 0 Å². The average molecular weight is 331 g/mol. The van der Waals surface area contributed by atoms with Crippen LogP contribution in [0.5, 0.6) is 0 Å². The van der Waals surface area contributed by atoms with E-state index in [1.807, 2.05) is 26.0 Å². The predicted octanol–water partition coefficient (Wildman–Crippen LogP) is 2.77. The number of amides is 1. The molecule has 0 aromatic carbocycles. The van der Waals surface area contributed by atoms with Gasteiger partial charge in [0.2, 0.25) is 5.91 Å². The molecule has 1 saturated heterocycles. The van der Waals surface area contributed by atoms with Gasteiger partial charge in [-0.15, -0.1) is 0 Å². The second-order valence-electron chi connectivity index (χ2n) is 6.38. The molecule has 3 rings (SSSR count).